The molecule has 4 heteroatoms. The van der Waals surface area contributed by atoms with E-state index in [1.54, 1.807) is 0 Å². The average molecular weight is 160 g/mol. The molecule has 0 rings (SSSR count). The van der Waals surface area contributed by atoms with Crippen molar-refractivity contribution >= 4 is 6.09 Å². The Balaban J connectivity index is 4.22. The Morgan fingerprint density at radius 3 is 2.18 bits per heavy atom. The van der Waals surface area contributed by atoms with Crippen LogP contribution < -0.4 is 5.32 Å². The lowest BCUT2D eigenvalue weighted by atomic mass is 10.1. The molecule has 0 bridgehead atoms. The number of hydrogen-bond acceptors (Lipinski definition) is 2. The van der Waals surface area contributed by atoms with Gasteiger partial charge in [0.25, 0.3) is 0 Å². The van der Waals surface area contributed by atoms with Crippen molar-refractivity contribution in [3.63, 3.8) is 0 Å². The third-order valence-electron chi connectivity index (χ3n) is 2.05. The fourth-order valence-electron chi connectivity index (χ4n) is 0.747. The summed E-state index contributed by atoms with van der Waals surface area (Å²) in [6.45, 7) is 3.79. The molecule has 1 unspecified atom stereocenters. The molecule has 4 nitrogen and oxygen atoms in total. The second-order valence-corrected chi connectivity index (χ2v) is 2.95. The topological polar surface area (TPSA) is 52.6 Å². The van der Waals surface area contributed by atoms with Crippen molar-refractivity contribution in [2.24, 2.45) is 0 Å². The third kappa shape index (κ3) is 2.76. The largest absolute Gasteiger partial charge is 0.465 e. The molecule has 0 saturated heterocycles. The van der Waals surface area contributed by atoms with Crippen molar-refractivity contribution < 1.29 is 9.90 Å². The second-order valence-electron chi connectivity index (χ2n) is 2.95. The van der Waals surface area contributed by atoms with Crippen LogP contribution in [0, 0.1) is 0 Å². The highest BCUT2D eigenvalue weighted by atomic mass is 16.4. The van der Waals surface area contributed by atoms with Crippen molar-refractivity contribution in [1.82, 2.24) is 10.2 Å². The van der Waals surface area contributed by atoms with Gasteiger partial charge >= 0.3 is 6.09 Å². The van der Waals surface area contributed by atoms with Gasteiger partial charge in [-0.3, -0.25) is 4.90 Å². The summed E-state index contributed by atoms with van der Waals surface area (Å²) in [4.78, 5) is 12.2. The molecule has 0 aromatic heterocycles. The molecule has 1 amide bonds. The molecule has 2 N–H and O–H groups in total. The van der Waals surface area contributed by atoms with Crippen LogP contribution in [0.4, 0.5) is 4.79 Å². The highest BCUT2D eigenvalue weighted by Gasteiger charge is 2.25. The Kier molecular flexibility index (Phi) is 3.32. The Hall–Kier alpha value is -0.770. The van der Waals surface area contributed by atoms with E-state index in [-0.39, 0.29) is 0 Å². The van der Waals surface area contributed by atoms with E-state index in [4.69, 9.17) is 5.11 Å². The lowest BCUT2D eigenvalue weighted by Crippen LogP contribution is -2.54. The van der Waals surface area contributed by atoms with Crippen LogP contribution in [-0.2, 0) is 0 Å². The van der Waals surface area contributed by atoms with Crippen molar-refractivity contribution in [1.29, 1.82) is 0 Å². The molecular weight excluding hydrogens is 144 g/mol. The maximum Gasteiger partial charge on any atom is 0.406 e. The molecule has 0 aliphatic rings. The van der Waals surface area contributed by atoms with Gasteiger partial charge in [0.05, 0.1) is 5.66 Å². The summed E-state index contributed by atoms with van der Waals surface area (Å²) < 4.78 is 0. The first-order valence-electron chi connectivity index (χ1n) is 3.61. The highest BCUT2D eigenvalue weighted by Crippen LogP contribution is 2.10. The van der Waals surface area contributed by atoms with E-state index in [1.165, 1.54) is 0 Å². The standard InChI is InChI=1S/C7H16N2O2/c1-5-7(2,9(3)4)8-6(10)11/h8H,5H2,1-4H3,(H,10,11). The number of amides is 1. The zero-order chi connectivity index (χ0) is 9.07. The lowest BCUT2D eigenvalue weighted by molar-refractivity contribution is 0.110. The van der Waals surface area contributed by atoms with Gasteiger partial charge in [-0.25, -0.2) is 4.79 Å². The highest BCUT2D eigenvalue weighted by molar-refractivity contribution is 5.65. The number of nitrogens with zero attached hydrogens (tertiary/aromatic N) is 1. The maximum atomic E-state index is 10.3. The number of nitrogens with one attached hydrogen (secondary N) is 1. The predicted octanol–water partition coefficient (Wildman–Crippen LogP) is 0.942. The van der Waals surface area contributed by atoms with Crippen LogP contribution in [0.1, 0.15) is 20.3 Å². The van der Waals surface area contributed by atoms with Gasteiger partial charge < -0.3 is 10.4 Å². The molecule has 0 heterocycles. The van der Waals surface area contributed by atoms with Crippen LogP contribution in [0.25, 0.3) is 0 Å². The molecule has 11 heavy (non-hydrogen) atoms. The van der Waals surface area contributed by atoms with Crippen LogP contribution in [0.3, 0.4) is 0 Å². The Labute approximate surface area is 67.2 Å². The van der Waals surface area contributed by atoms with Gasteiger partial charge in [-0.1, -0.05) is 6.92 Å². The summed E-state index contributed by atoms with van der Waals surface area (Å²) in [5, 5.41) is 10.9. The predicted molar refractivity (Wildman–Crippen MR) is 43.5 cm³/mol. The molecule has 0 aromatic rings. The van der Waals surface area contributed by atoms with Crippen LogP contribution in [0.15, 0.2) is 0 Å². The molecule has 66 valence electrons. The van der Waals surface area contributed by atoms with E-state index >= 15 is 0 Å². The molecule has 0 aliphatic carbocycles. The van der Waals surface area contributed by atoms with Gasteiger partial charge in [0.2, 0.25) is 0 Å². The van der Waals surface area contributed by atoms with E-state index in [2.05, 4.69) is 5.32 Å². The number of hydrogen-bond donors (Lipinski definition) is 2. The van der Waals surface area contributed by atoms with Crippen molar-refractivity contribution in [2.75, 3.05) is 14.1 Å². The minimum atomic E-state index is -0.983. The van der Waals surface area contributed by atoms with Gasteiger partial charge in [0, 0.05) is 0 Å². The van der Waals surface area contributed by atoms with Crippen molar-refractivity contribution in [3.8, 4) is 0 Å². The normalized spacial score (nSPS) is 16.1. The van der Waals surface area contributed by atoms with Crippen molar-refractivity contribution in [3.05, 3.63) is 0 Å². The molecular formula is C7H16N2O2. The molecule has 1 atom stereocenters. The summed E-state index contributed by atoms with van der Waals surface area (Å²) in [7, 11) is 3.69. The SMILES string of the molecule is CCC(C)(NC(=O)O)N(C)C. The lowest BCUT2D eigenvalue weighted by Gasteiger charge is -2.35. The van der Waals surface area contributed by atoms with Gasteiger partial charge in [-0.05, 0) is 27.4 Å². The minimum absolute atomic E-state index is 0.453. The van der Waals surface area contributed by atoms with Gasteiger partial charge in [0.1, 0.15) is 0 Å². The van der Waals surface area contributed by atoms with Crippen LogP contribution in [0.5, 0.6) is 0 Å². The van der Waals surface area contributed by atoms with E-state index in [1.807, 2.05) is 32.8 Å². The summed E-state index contributed by atoms with van der Waals surface area (Å²) in [6, 6.07) is 0. The molecule has 0 saturated carbocycles. The Morgan fingerprint density at radius 1 is 1.64 bits per heavy atom. The smallest absolute Gasteiger partial charge is 0.406 e. The molecule has 0 aromatic carbocycles. The summed E-state index contributed by atoms with van der Waals surface area (Å²) >= 11 is 0. The van der Waals surface area contributed by atoms with E-state index in [9.17, 15) is 4.79 Å². The van der Waals surface area contributed by atoms with Gasteiger partial charge in [-0.2, -0.15) is 0 Å². The summed E-state index contributed by atoms with van der Waals surface area (Å²) in [6.07, 6.45) is -0.241. The summed E-state index contributed by atoms with van der Waals surface area (Å²) in [5.41, 5.74) is -0.453. The zero-order valence-corrected chi connectivity index (χ0v) is 7.51. The zero-order valence-electron chi connectivity index (χ0n) is 7.51. The van der Waals surface area contributed by atoms with Crippen LogP contribution >= 0.6 is 0 Å². The summed E-state index contributed by atoms with van der Waals surface area (Å²) in [5.74, 6) is 0. The van der Waals surface area contributed by atoms with E-state index in [0.717, 1.165) is 6.42 Å². The van der Waals surface area contributed by atoms with E-state index in [0.29, 0.717) is 0 Å². The minimum Gasteiger partial charge on any atom is -0.465 e. The van der Waals surface area contributed by atoms with Crippen LogP contribution in [-0.4, -0.2) is 35.9 Å². The molecule has 0 radical (unpaired) electrons. The van der Waals surface area contributed by atoms with Crippen LogP contribution in [0.2, 0.25) is 0 Å². The Morgan fingerprint density at radius 2 is 2.09 bits per heavy atom. The molecule has 0 spiro atoms. The first kappa shape index (κ1) is 10.2. The Bertz CT molecular complexity index is 147. The maximum absolute atomic E-state index is 10.3. The van der Waals surface area contributed by atoms with Gasteiger partial charge in [-0.15, -0.1) is 0 Å². The fourth-order valence-corrected chi connectivity index (χ4v) is 0.747. The first-order chi connectivity index (χ1) is 4.92. The first-order valence-corrected chi connectivity index (χ1v) is 3.61. The second kappa shape index (κ2) is 3.57. The number of carbonyl (C=O) groups is 1. The fraction of sp³-hybridized carbons (Fsp3) is 0.857. The molecule has 0 fully saturated rings. The number of carboxylic acid groups (broad SMARTS) is 1. The number of rotatable bonds is 3. The monoisotopic (exact) mass is 160 g/mol. The average Bonchev–Trinajstić information content (AvgIpc) is 1.86. The quantitative estimate of drug-likeness (QED) is 0.604. The van der Waals surface area contributed by atoms with Crippen molar-refractivity contribution in [2.45, 2.75) is 25.9 Å². The van der Waals surface area contributed by atoms with E-state index < -0.39 is 11.8 Å². The molecule has 0 aliphatic heterocycles. The van der Waals surface area contributed by atoms with Gasteiger partial charge in [0.15, 0.2) is 0 Å². The third-order valence-corrected chi connectivity index (χ3v) is 2.05.